The molecular formula is C12H14BrN3. The first-order valence-electron chi connectivity index (χ1n) is 5.34. The predicted molar refractivity (Wildman–Crippen MR) is 68.6 cm³/mol. The van der Waals surface area contributed by atoms with Crippen LogP contribution >= 0.6 is 15.9 Å². The van der Waals surface area contributed by atoms with E-state index in [2.05, 4.69) is 38.8 Å². The van der Waals surface area contributed by atoms with Crippen molar-refractivity contribution in [3.63, 3.8) is 0 Å². The van der Waals surface area contributed by atoms with Gasteiger partial charge in [-0.3, -0.25) is 0 Å². The molecule has 0 atom stereocenters. The predicted octanol–water partition coefficient (Wildman–Crippen LogP) is 2.07. The van der Waals surface area contributed by atoms with Gasteiger partial charge in [0.25, 0.3) is 0 Å². The minimum absolute atomic E-state index is 0.699. The SMILES string of the molecule is CN1CCN(c2ccc(C#N)cc2Br)CC1. The minimum Gasteiger partial charge on any atom is -0.368 e. The number of nitriles is 1. The molecule has 0 amide bonds. The average Bonchev–Trinajstić information content (AvgIpc) is 2.30. The van der Waals surface area contributed by atoms with Crippen molar-refractivity contribution in [2.24, 2.45) is 0 Å². The summed E-state index contributed by atoms with van der Waals surface area (Å²) in [6.07, 6.45) is 0. The second-order valence-electron chi connectivity index (χ2n) is 4.07. The lowest BCUT2D eigenvalue weighted by Gasteiger charge is -2.34. The van der Waals surface area contributed by atoms with E-state index in [1.165, 1.54) is 5.69 Å². The highest BCUT2D eigenvalue weighted by molar-refractivity contribution is 9.10. The zero-order chi connectivity index (χ0) is 11.5. The number of rotatable bonds is 1. The third kappa shape index (κ3) is 2.37. The summed E-state index contributed by atoms with van der Waals surface area (Å²) >= 11 is 3.53. The van der Waals surface area contributed by atoms with Gasteiger partial charge >= 0.3 is 0 Å². The Bertz CT molecular complexity index is 417. The van der Waals surface area contributed by atoms with Crippen LogP contribution in [0.3, 0.4) is 0 Å². The van der Waals surface area contributed by atoms with E-state index in [9.17, 15) is 0 Å². The third-order valence-electron chi connectivity index (χ3n) is 2.92. The Morgan fingerprint density at radius 1 is 1.25 bits per heavy atom. The lowest BCUT2D eigenvalue weighted by molar-refractivity contribution is 0.312. The zero-order valence-corrected chi connectivity index (χ0v) is 10.9. The van der Waals surface area contributed by atoms with Crippen LogP contribution in [0, 0.1) is 11.3 Å². The Hall–Kier alpha value is -1.05. The van der Waals surface area contributed by atoms with Gasteiger partial charge < -0.3 is 9.80 Å². The molecule has 1 saturated heterocycles. The van der Waals surface area contributed by atoms with Gasteiger partial charge in [-0.1, -0.05) is 0 Å². The molecule has 0 radical (unpaired) electrons. The molecule has 0 bridgehead atoms. The number of anilines is 1. The Labute approximate surface area is 104 Å². The molecule has 0 N–H and O–H groups in total. The van der Waals surface area contributed by atoms with Crippen LogP contribution in [0.1, 0.15) is 5.56 Å². The van der Waals surface area contributed by atoms with Crippen LogP contribution in [0.15, 0.2) is 22.7 Å². The summed E-state index contributed by atoms with van der Waals surface area (Å²) in [5.41, 5.74) is 1.89. The van der Waals surface area contributed by atoms with Gasteiger partial charge in [-0.25, -0.2) is 0 Å². The Morgan fingerprint density at radius 2 is 1.94 bits per heavy atom. The van der Waals surface area contributed by atoms with Crippen LogP contribution in [-0.2, 0) is 0 Å². The first-order valence-corrected chi connectivity index (χ1v) is 6.13. The fourth-order valence-electron chi connectivity index (χ4n) is 1.88. The highest BCUT2D eigenvalue weighted by atomic mass is 79.9. The van der Waals surface area contributed by atoms with Gasteiger partial charge in [0.15, 0.2) is 0 Å². The zero-order valence-electron chi connectivity index (χ0n) is 9.28. The van der Waals surface area contributed by atoms with Crippen LogP contribution in [0.5, 0.6) is 0 Å². The van der Waals surface area contributed by atoms with Crippen LogP contribution in [-0.4, -0.2) is 38.1 Å². The van der Waals surface area contributed by atoms with E-state index in [0.29, 0.717) is 5.56 Å². The van der Waals surface area contributed by atoms with E-state index >= 15 is 0 Å². The number of piperazine rings is 1. The maximum Gasteiger partial charge on any atom is 0.0992 e. The van der Waals surface area contributed by atoms with Gasteiger partial charge in [0, 0.05) is 30.7 Å². The van der Waals surface area contributed by atoms with Crippen molar-refractivity contribution in [2.45, 2.75) is 0 Å². The molecule has 0 aromatic heterocycles. The molecule has 0 aliphatic carbocycles. The summed E-state index contributed by atoms with van der Waals surface area (Å²) in [5.74, 6) is 0. The molecule has 1 aromatic carbocycles. The number of benzene rings is 1. The Morgan fingerprint density at radius 3 is 2.50 bits per heavy atom. The molecule has 0 saturated carbocycles. The van der Waals surface area contributed by atoms with E-state index in [4.69, 9.17) is 5.26 Å². The van der Waals surface area contributed by atoms with Crippen molar-refractivity contribution in [1.82, 2.24) is 4.90 Å². The third-order valence-corrected chi connectivity index (χ3v) is 3.56. The molecule has 0 unspecified atom stereocenters. The van der Waals surface area contributed by atoms with Crippen molar-refractivity contribution in [1.29, 1.82) is 5.26 Å². The van der Waals surface area contributed by atoms with Gasteiger partial charge in [-0.05, 0) is 41.2 Å². The Balaban J connectivity index is 2.18. The summed E-state index contributed by atoms with van der Waals surface area (Å²) < 4.78 is 1.01. The fourth-order valence-corrected chi connectivity index (χ4v) is 2.51. The van der Waals surface area contributed by atoms with Gasteiger partial charge in [0.2, 0.25) is 0 Å². The van der Waals surface area contributed by atoms with Gasteiger partial charge in [-0.15, -0.1) is 0 Å². The summed E-state index contributed by atoms with van der Waals surface area (Å²) in [5, 5.41) is 8.81. The molecule has 2 rings (SSSR count). The van der Waals surface area contributed by atoms with Gasteiger partial charge in [0.1, 0.15) is 0 Å². The minimum atomic E-state index is 0.699. The lowest BCUT2D eigenvalue weighted by atomic mass is 10.2. The molecule has 1 aliphatic heterocycles. The van der Waals surface area contributed by atoms with Gasteiger partial charge in [-0.2, -0.15) is 5.26 Å². The van der Waals surface area contributed by atoms with Crippen LogP contribution in [0.2, 0.25) is 0 Å². The van der Waals surface area contributed by atoms with E-state index in [1.807, 2.05) is 18.2 Å². The molecule has 1 aromatic rings. The molecule has 1 fully saturated rings. The molecule has 16 heavy (non-hydrogen) atoms. The fraction of sp³-hybridized carbons (Fsp3) is 0.417. The second-order valence-corrected chi connectivity index (χ2v) is 4.92. The van der Waals surface area contributed by atoms with Crippen molar-refractivity contribution < 1.29 is 0 Å². The summed E-state index contributed by atoms with van der Waals surface area (Å²) in [4.78, 5) is 4.68. The molecule has 1 aliphatic rings. The number of hydrogen-bond donors (Lipinski definition) is 0. The number of halogens is 1. The van der Waals surface area contributed by atoms with E-state index in [0.717, 1.165) is 30.7 Å². The lowest BCUT2D eigenvalue weighted by Crippen LogP contribution is -2.44. The highest BCUT2D eigenvalue weighted by Gasteiger charge is 2.16. The van der Waals surface area contributed by atoms with Crippen LogP contribution < -0.4 is 4.90 Å². The van der Waals surface area contributed by atoms with Crippen molar-refractivity contribution in [3.05, 3.63) is 28.2 Å². The van der Waals surface area contributed by atoms with E-state index < -0.39 is 0 Å². The first kappa shape index (κ1) is 11.4. The molecule has 4 heteroatoms. The summed E-state index contributed by atoms with van der Waals surface area (Å²) in [6, 6.07) is 7.93. The normalized spacial score (nSPS) is 17.2. The molecule has 84 valence electrons. The maximum absolute atomic E-state index is 8.81. The quantitative estimate of drug-likeness (QED) is 0.789. The summed E-state index contributed by atoms with van der Waals surface area (Å²) in [6.45, 7) is 4.26. The largest absolute Gasteiger partial charge is 0.368 e. The van der Waals surface area contributed by atoms with Gasteiger partial charge in [0.05, 0.1) is 17.3 Å². The highest BCUT2D eigenvalue weighted by Crippen LogP contribution is 2.27. The molecule has 1 heterocycles. The smallest absolute Gasteiger partial charge is 0.0992 e. The van der Waals surface area contributed by atoms with E-state index in [-0.39, 0.29) is 0 Å². The second kappa shape index (κ2) is 4.86. The van der Waals surface area contributed by atoms with Crippen molar-refractivity contribution >= 4 is 21.6 Å². The molecular weight excluding hydrogens is 266 g/mol. The van der Waals surface area contributed by atoms with Crippen LogP contribution in [0.25, 0.3) is 0 Å². The Kier molecular flexibility index (Phi) is 3.47. The van der Waals surface area contributed by atoms with Crippen LogP contribution in [0.4, 0.5) is 5.69 Å². The molecule has 0 spiro atoms. The summed E-state index contributed by atoms with van der Waals surface area (Å²) in [7, 11) is 2.14. The first-order chi connectivity index (χ1) is 7.70. The number of hydrogen-bond acceptors (Lipinski definition) is 3. The molecule has 3 nitrogen and oxygen atoms in total. The van der Waals surface area contributed by atoms with E-state index in [1.54, 1.807) is 0 Å². The monoisotopic (exact) mass is 279 g/mol. The maximum atomic E-state index is 8.81. The van der Waals surface area contributed by atoms with Crippen molar-refractivity contribution in [3.8, 4) is 6.07 Å². The topological polar surface area (TPSA) is 30.3 Å². The standard InChI is InChI=1S/C12H14BrN3/c1-15-4-6-16(7-5-15)12-3-2-10(9-14)8-11(12)13/h2-3,8H,4-7H2,1H3. The number of nitrogens with zero attached hydrogens (tertiary/aromatic N) is 3. The average molecular weight is 280 g/mol. The number of likely N-dealkylation sites (N-methyl/N-ethyl adjacent to an activating group) is 1. The van der Waals surface area contributed by atoms with Crippen molar-refractivity contribution in [2.75, 3.05) is 38.1 Å².